The number of nitrogens with two attached hydrogens (primary N) is 1. The molecule has 2 aromatic carbocycles. The molecule has 1 amide bonds. The molecule has 0 aliphatic carbocycles. The number of benzene rings is 2. The van der Waals surface area contributed by atoms with Crippen LogP contribution in [0, 0.1) is 0 Å². The summed E-state index contributed by atoms with van der Waals surface area (Å²) in [6, 6.07) is 19.0. The molecule has 86 valence electrons. The van der Waals surface area contributed by atoms with E-state index >= 15 is 0 Å². The predicted molar refractivity (Wildman–Crippen MR) is 69.1 cm³/mol. The smallest absolute Gasteiger partial charge is 0.245 e. The molecule has 2 aromatic rings. The maximum atomic E-state index is 11.9. The van der Waals surface area contributed by atoms with Gasteiger partial charge in [-0.1, -0.05) is 36.4 Å². The van der Waals surface area contributed by atoms with Gasteiger partial charge in [0.05, 0.1) is 6.54 Å². The quantitative estimate of drug-likeness (QED) is 0.873. The molecule has 0 heterocycles. The van der Waals surface area contributed by atoms with Crippen molar-refractivity contribution in [1.82, 2.24) is 0 Å². The highest BCUT2D eigenvalue weighted by Crippen LogP contribution is 2.24. The first kappa shape index (κ1) is 11.4. The lowest BCUT2D eigenvalue weighted by Crippen LogP contribution is -2.32. The average Bonchev–Trinajstić information content (AvgIpc) is 2.41. The molecule has 0 radical (unpaired) electrons. The van der Waals surface area contributed by atoms with E-state index in [0.29, 0.717) is 0 Å². The summed E-state index contributed by atoms with van der Waals surface area (Å²) in [7, 11) is 0. The molecule has 0 aliphatic rings. The van der Waals surface area contributed by atoms with E-state index in [9.17, 15) is 4.79 Å². The third-order valence-electron chi connectivity index (χ3n) is 2.45. The SMILES string of the molecule is NCC(=O)N(c1ccccc1)c1ccccc1. The first-order valence-electron chi connectivity index (χ1n) is 5.46. The predicted octanol–water partition coefficient (Wildman–Crippen LogP) is 2.31. The van der Waals surface area contributed by atoms with Crippen LogP contribution in [0.5, 0.6) is 0 Å². The van der Waals surface area contributed by atoms with E-state index in [1.54, 1.807) is 4.90 Å². The van der Waals surface area contributed by atoms with Gasteiger partial charge in [0.15, 0.2) is 0 Å². The van der Waals surface area contributed by atoms with Crippen molar-refractivity contribution >= 4 is 17.3 Å². The fourth-order valence-corrected chi connectivity index (χ4v) is 1.68. The van der Waals surface area contributed by atoms with Crippen LogP contribution in [0.4, 0.5) is 11.4 Å². The summed E-state index contributed by atoms with van der Waals surface area (Å²) in [5.41, 5.74) is 7.11. The Morgan fingerprint density at radius 1 is 0.882 bits per heavy atom. The normalized spacial score (nSPS) is 9.94. The van der Waals surface area contributed by atoms with E-state index in [0.717, 1.165) is 11.4 Å². The Morgan fingerprint density at radius 2 is 1.29 bits per heavy atom. The second-order valence-electron chi connectivity index (χ2n) is 3.60. The molecule has 0 saturated carbocycles. The number of amides is 1. The van der Waals surface area contributed by atoms with Gasteiger partial charge in [0.25, 0.3) is 0 Å². The maximum Gasteiger partial charge on any atom is 0.245 e. The van der Waals surface area contributed by atoms with Gasteiger partial charge in [0, 0.05) is 11.4 Å². The Morgan fingerprint density at radius 3 is 1.65 bits per heavy atom. The lowest BCUT2D eigenvalue weighted by atomic mass is 10.2. The zero-order valence-electron chi connectivity index (χ0n) is 9.41. The number of rotatable bonds is 3. The molecule has 0 unspecified atom stereocenters. The van der Waals surface area contributed by atoms with Gasteiger partial charge in [-0.2, -0.15) is 0 Å². The van der Waals surface area contributed by atoms with Crippen molar-refractivity contribution in [1.29, 1.82) is 0 Å². The van der Waals surface area contributed by atoms with Crippen LogP contribution in [-0.2, 0) is 4.79 Å². The number of hydrogen-bond acceptors (Lipinski definition) is 2. The zero-order valence-corrected chi connectivity index (χ0v) is 9.41. The van der Waals surface area contributed by atoms with Crippen LogP contribution in [0.15, 0.2) is 60.7 Å². The molecule has 0 spiro atoms. The number of hydrogen-bond donors (Lipinski definition) is 1. The van der Waals surface area contributed by atoms with Gasteiger partial charge in [0.2, 0.25) is 5.91 Å². The Hall–Kier alpha value is -2.13. The Labute approximate surface area is 100 Å². The van der Waals surface area contributed by atoms with Gasteiger partial charge in [-0.05, 0) is 24.3 Å². The van der Waals surface area contributed by atoms with E-state index in [2.05, 4.69) is 0 Å². The third kappa shape index (κ3) is 2.52. The highest BCUT2D eigenvalue weighted by molar-refractivity contribution is 6.01. The molecular formula is C14H14N2O. The molecule has 3 heteroatoms. The largest absolute Gasteiger partial charge is 0.322 e. The molecule has 2 N–H and O–H groups in total. The Balaban J connectivity index is 2.43. The summed E-state index contributed by atoms with van der Waals surface area (Å²) in [5, 5.41) is 0. The minimum absolute atomic E-state index is 0.0101. The fourth-order valence-electron chi connectivity index (χ4n) is 1.68. The van der Waals surface area contributed by atoms with Gasteiger partial charge >= 0.3 is 0 Å². The summed E-state index contributed by atoms with van der Waals surface area (Å²) in [6.07, 6.45) is 0. The Bertz CT molecular complexity index is 443. The van der Waals surface area contributed by atoms with Crippen LogP contribution in [0.2, 0.25) is 0 Å². The molecule has 17 heavy (non-hydrogen) atoms. The fraction of sp³-hybridized carbons (Fsp3) is 0.0714. The molecule has 0 atom stereocenters. The van der Waals surface area contributed by atoms with Crippen molar-refractivity contribution in [3.05, 3.63) is 60.7 Å². The van der Waals surface area contributed by atoms with Gasteiger partial charge in [-0.3, -0.25) is 9.69 Å². The standard InChI is InChI=1S/C14H14N2O/c15-11-14(17)16(12-7-3-1-4-8-12)13-9-5-2-6-10-13/h1-10H,11,15H2. The Kier molecular flexibility index (Phi) is 3.52. The van der Waals surface area contributed by atoms with E-state index in [1.165, 1.54) is 0 Å². The van der Waals surface area contributed by atoms with Crippen LogP contribution >= 0.6 is 0 Å². The molecular weight excluding hydrogens is 212 g/mol. The summed E-state index contributed by atoms with van der Waals surface area (Å²) in [6.45, 7) is -0.0101. The number of carbonyl (C=O) groups excluding carboxylic acids is 1. The lowest BCUT2D eigenvalue weighted by Gasteiger charge is -2.22. The highest BCUT2D eigenvalue weighted by atomic mass is 16.2. The maximum absolute atomic E-state index is 11.9. The first-order valence-corrected chi connectivity index (χ1v) is 5.46. The van der Waals surface area contributed by atoms with Crippen LogP contribution < -0.4 is 10.6 Å². The van der Waals surface area contributed by atoms with Crippen molar-refractivity contribution in [3.63, 3.8) is 0 Å². The van der Waals surface area contributed by atoms with Gasteiger partial charge in [-0.15, -0.1) is 0 Å². The third-order valence-corrected chi connectivity index (χ3v) is 2.45. The second-order valence-corrected chi connectivity index (χ2v) is 3.60. The molecule has 0 aromatic heterocycles. The highest BCUT2D eigenvalue weighted by Gasteiger charge is 2.15. The van der Waals surface area contributed by atoms with Crippen LogP contribution in [-0.4, -0.2) is 12.5 Å². The molecule has 2 rings (SSSR count). The van der Waals surface area contributed by atoms with Crippen molar-refractivity contribution in [3.8, 4) is 0 Å². The minimum Gasteiger partial charge on any atom is -0.322 e. The zero-order chi connectivity index (χ0) is 12.1. The summed E-state index contributed by atoms with van der Waals surface area (Å²) < 4.78 is 0. The van der Waals surface area contributed by atoms with Crippen LogP contribution in [0.3, 0.4) is 0 Å². The summed E-state index contributed by atoms with van der Waals surface area (Å²) in [4.78, 5) is 13.5. The second kappa shape index (κ2) is 5.27. The van der Waals surface area contributed by atoms with Gasteiger partial charge in [0.1, 0.15) is 0 Å². The number of nitrogens with zero attached hydrogens (tertiary/aromatic N) is 1. The van der Waals surface area contributed by atoms with E-state index in [1.807, 2.05) is 60.7 Å². The first-order chi connectivity index (χ1) is 8.33. The minimum atomic E-state index is -0.123. The monoisotopic (exact) mass is 226 g/mol. The van der Waals surface area contributed by atoms with E-state index in [4.69, 9.17) is 5.73 Å². The van der Waals surface area contributed by atoms with Crippen molar-refractivity contribution in [2.45, 2.75) is 0 Å². The average molecular weight is 226 g/mol. The number of carbonyl (C=O) groups is 1. The molecule has 0 bridgehead atoms. The molecule has 3 nitrogen and oxygen atoms in total. The topological polar surface area (TPSA) is 46.3 Å². The van der Waals surface area contributed by atoms with Crippen LogP contribution in [0.1, 0.15) is 0 Å². The summed E-state index contributed by atoms with van der Waals surface area (Å²) >= 11 is 0. The summed E-state index contributed by atoms with van der Waals surface area (Å²) in [5.74, 6) is -0.123. The van der Waals surface area contributed by atoms with Crippen molar-refractivity contribution in [2.24, 2.45) is 5.73 Å². The van der Waals surface area contributed by atoms with Crippen LogP contribution in [0.25, 0.3) is 0 Å². The van der Waals surface area contributed by atoms with Gasteiger partial charge < -0.3 is 5.73 Å². The number of anilines is 2. The van der Waals surface area contributed by atoms with Crippen molar-refractivity contribution < 1.29 is 4.79 Å². The van der Waals surface area contributed by atoms with Gasteiger partial charge in [-0.25, -0.2) is 0 Å². The van der Waals surface area contributed by atoms with E-state index < -0.39 is 0 Å². The lowest BCUT2D eigenvalue weighted by molar-refractivity contribution is -0.116. The van der Waals surface area contributed by atoms with Crippen molar-refractivity contribution in [2.75, 3.05) is 11.4 Å². The number of para-hydroxylation sites is 2. The van der Waals surface area contributed by atoms with E-state index in [-0.39, 0.29) is 12.5 Å². The molecule has 0 aliphatic heterocycles. The molecule has 0 fully saturated rings. The molecule has 0 saturated heterocycles.